The number of benzene rings is 1. The molecule has 4 nitrogen and oxygen atoms in total. The first-order chi connectivity index (χ1) is 10.6. The van der Waals surface area contributed by atoms with Gasteiger partial charge in [-0.3, -0.25) is 19.3 Å². The number of hydrogen-bond donors (Lipinski definition) is 0. The average Bonchev–Trinajstić information content (AvgIpc) is 2.98. The molecule has 4 heteroatoms. The summed E-state index contributed by atoms with van der Waals surface area (Å²) in [6.45, 7) is 0. The maximum absolute atomic E-state index is 12.4. The van der Waals surface area contributed by atoms with E-state index in [9.17, 15) is 14.4 Å². The third-order valence-electron chi connectivity index (χ3n) is 5.40. The van der Waals surface area contributed by atoms with Crippen molar-refractivity contribution in [2.45, 2.75) is 18.8 Å². The van der Waals surface area contributed by atoms with E-state index in [-0.39, 0.29) is 35.4 Å². The highest BCUT2D eigenvalue weighted by Gasteiger charge is 2.52. The summed E-state index contributed by atoms with van der Waals surface area (Å²) in [4.78, 5) is 38.0. The molecule has 0 unspecified atom stereocenters. The fourth-order valence-electron chi connectivity index (χ4n) is 4.25. The Morgan fingerprint density at radius 1 is 0.955 bits per heavy atom. The predicted octanol–water partition coefficient (Wildman–Crippen LogP) is 1.92. The van der Waals surface area contributed by atoms with Gasteiger partial charge in [0.05, 0.1) is 11.8 Å². The van der Waals surface area contributed by atoms with Crippen molar-refractivity contribution in [2.24, 2.45) is 17.8 Å². The van der Waals surface area contributed by atoms with E-state index in [1.165, 1.54) is 11.9 Å². The standard InChI is InChI=1S/C18H17NO3/c1-19-17(21)14-7-12-11(10-5-3-2-4-6-10)9-16(20)13(12)8-15(14)18(19)22/h2-6,8,11-12,14-15H,7,9H2,1H3/t11-,12-,14+,15-/m1/s1. The van der Waals surface area contributed by atoms with Gasteiger partial charge in [-0.1, -0.05) is 36.4 Å². The lowest BCUT2D eigenvalue weighted by Gasteiger charge is -2.28. The van der Waals surface area contributed by atoms with Crippen molar-refractivity contribution in [2.75, 3.05) is 7.05 Å². The number of rotatable bonds is 1. The van der Waals surface area contributed by atoms with E-state index in [0.717, 1.165) is 11.1 Å². The zero-order valence-electron chi connectivity index (χ0n) is 12.4. The summed E-state index contributed by atoms with van der Waals surface area (Å²) in [5, 5.41) is 0. The second-order valence-electron chi connectivity index (χ2n) is 6.48. The molecular formula is C18H17NO3. The topological polar surface area (TPSA) is 54.5 Å². The van der Waals surface area contributed by atoms with Crippen LogP contribution in [0.5, 0.6) is 0 Å². The largest absolute Gasteiger partial charge is 0.295 e. The monoisotopic (exact) mass is 295 g/mol. The molecular weight excluding hydrogens is 278 g/mol. The molecule has 112 valence electrons. The van der Waals surface area contributed by atoms with Crippen molar-refractivity contribution in [1.29, 1.82) is 0 Å². The van der Waals surface area contributed by atoms with Crippen LogP contribution in [0.2, 0.25) is 0 Å². The van der Waals surface area contributed by atoms with Crippen molar-refractivity contribution in [3.05, 3.63) is 47.5 Å². The minimum Gasteiger partial charge on any atom is -0.295 e. The maximum Gasteiger partial charge on any atom is 0.236 e. The van der Waals surface area contributed by atoms with E-state index in [1.807, 2.05) is 30.3 Å². The van der Waals surface area contributed by atoms with Crippen molar-refractivity contribution >= 4 is 17.6 Å². The van der Waals surface area contributed by atoms with Crippen LogP contribution in [-0.4, -0.2) is 29.5 Å². The minimum absolute atomic E-state index is 0.0689. The first-order valence-corrected chi connectivity index (χ1v) is 7.69. The Kier molecular flexibility index (Phi) is 2.83. The van der Waals surface area contributed by atoms with Crippen LogP contribution in [0.25, 0.3) is 0 Å². The van der Waals surface area contributed by atoms with Crippen LogP contribution in [0.15, 0.2) is 42.0 Å². The van der Waals surface area contributed by atoms with E-state index < -0.39 is 5.92 Å². The van der Waals surface area contributed by atoms with E-state index >= 15 is 0 Å². The molecule has 1 saturated heterocycles. The van der Waals surface area contributed by atoms with Gasteiger partial charge in [-0.05, 0) is 29.4 Å². The average molecular weight is 295 g/mol. The molecule has 1 saturated carbocycles. The fraction of sp³-hybridized carbons (Fsp3) is 0.389. The summed E-state index contributed by atoms with van der Waals surface area (Å²) in [6.07, 6.45) is 2.88. The lowest BCUT2D eigenvalue weighted by Crippen LogP contribution is -2.27. The molecule has 0 bridgehead atoms. The second-order valence-corrected chi connectivity index (χ2v) is 6.48. The molecule has 1 aromatic rings. The summed E-state index contributed by atoms with van der Waals surface area (Å²) in [5.41, 5.74) is 1.92. The number of amides is 2. The van der Waals surface area contributed by atoms with E-state index in [2.05, 4.69) is 0 Å². The van der Waals surface area contributed by atoms with Gasteiger partial charge < -0.3 is 0 Å². The number of imide groups is 1. The summed E-state index contributed by atoms with van der Waals surface area (Å²) in [7, 11) is 1.54. The number of hydrogen-bond acceptors (Lipinski definition) is 3. The number of nitrogens with zero attached hydrogens (tertiary/aromatic N) is 1. The van der Waals surface area contributed by atoms with Gasteiger partial charge in [0.2, 0.25) is 11.8 Å². The Morgan fingerprint density at radius 2 is 1.68 bits per heavy atom. The molecule has 0 N–H and O–H groups in total. The van der Waals surface area contributed by atoms with Gasteiger partial charge in [-0.25, -0.2) is 0 Å². The number of allylic oxidation sites excluding steroid dienone is 1. The number of carbonyl (C=O) groups excluding carboxylic acids is 3. The summed E-state index contributed by atoms with van der Waals surface area (Å²) < 4.78 is 0. The number of likely N-dealkylation sites (tertiary alicyclic amines) is 1. The highest BCUT2D eigenvalue weighted by atomic mass is 16.2. The normalized spacial score (nSPS) is 33.8. The molecule has 2 fully saturated rings. The summed E-state index contributed by atoms with van der Waals surface area (Å²) >= 11 is 0. The van der Waals surface area contributed by atoms with E-state index in [4.69, 9.17) is 0 Å². The Hall–Kier alpha value is -2.23. The highest BCUT2D eigenvalue weighted by molar-refractivity contribution is 6.08. The molecule has 1 heterocycles. The Bertz CT molecular complexity index is 706. The number of ketones is 1. The zero-order valence-corrected chi connectivity index (χ0v) is 12.4. The molecule has 22 heavy (non-hydrogen) atoms. The lowest BCUT2D eigenvalue weighted by atomic mass is 9.73. The molecule has 3 aliphatic rings. The first kappa shape index (κ1) is 13.4. The first-order valence-electron chi connectivity index (χ1n) is 7.69. The van der Waals surface area contributed by atoms with Crippen LogP contribution < -0.4 is 0 Å². The number of carbonyl (C=O) groups is 3. The summed E-state index contributed by atoms with van der Waals surface area (Å²) in [5.74, 6) is -0.653. The van der Waals surface area contributed by atoms with Crippen LogP contribution >= 0.6 is 0 Å². The molecule has 1 aliphatic heterocycles. The molecule has 1 aromatic carbocycles. The molecule has 0 radical (unpaired) electrons. The van der Waals surface area contributed by atoms with Gasteiger partial charge in [0.25, 0.3) is 0 Å². The number of Topliss-reactive ketones (excluding diaryl/α,β-unsaturated/α-hetero) is 1. The van der Waals surface area contributed by atoms with Crippen molar-refractivity contribution in [1.82, 2.24) is 4.90 Å². The van der Waals surface area contributed by atoms with Gasteiger partial charge in [0.15, 0.2) is 5.78 Å². The predicted molar refractivity (Wildman–Crippen MR) is 79.8 cm³/mol. The molecule has 2 amide bonds. The Balaban J connectivity index is 1.74. The number of fused-ring (bicyclic) bond motifs is 2. The summed E-state index contributed by atoms with van der Waals surface area (Å²) in [6, 6.07) is 10.00. The third-order valence-corrected chi connectivity index (χ3v) is 5.40. The highest BCUT2D eigenvalue weighted by Crippen LogP contribution is 2.50. The second kappa shape index (κ2) is 4.63. The third kappa shape index (κ3) is 1.73. The maximum atomic E-state index is 12.4. The quantitative estimate of drug-likeness (QED) is 0.744. The minimum atomic E-state index is -0.428. The van der Waals surface area contributed by atoms with Crippen LogP contribution in [-0.2, 0) is 14.4 Å². The SMILES string of the molecule is CN1C(=O)[C@H]2C[C@H]3C(=C[C@H]2C1=O)C(=O)C[C@@H]3c1ccccc1. The Labute approximate surface area is 128 Å². The van der Waals surface area contributed by atoms with Crippen LogP contribution in [0.3, 0.4) is 0 Å². The molecule has 4 atom stereocenters. The molecule has 0 spiro atoms. The van der Waals surface area contributed by atoms with Crippen LogP contribution in [0.1, 0.15) is 24.3 Å². The van der Waals surface area contributed by atoms with E-state index in [1.54, 1.807) is 6.08 Å². The van der Waals surface area contributed by atoms with Gasteiger partial charge in [0.1, 0.15) is 0 Å². The van der Waals surface area contributed by atoms with Gasteiger partial charge in [-0.2, -0.15) is 0 Å². The van der Waals surface area contributed by atoms with Crippen molar-refractivity contribution < 1.29 is 14.4 Å². The van der Waals surface area contributed by atoms with Gasteiger partial charge in [-0.15, -0.1) is 0 Å². The molecule has 4 rings (SSSR count). The van der Waals surface area contributed by atoms with Crippen molar-refractivity contribution in [3.63, 3.8) is 0 Å². The van der Waals surface area contributed by atoms with Crippen LogP contribution in [0.4, 0.5) is 0 Å². The van der Waals surface area contributed by atoms with Crippen molar-refractivity contribution in [3.8, 4) is 0 Å². The fourth-order valence-corrected chi connectivity index (χ4v) is 4.25. The zero-order chi connectivity index (χ0) is 15.4. The molecule has 2 aliphatic carbocycles. The smallest absolute Gasteiger partial charge is 0.236 e. The van der Waals surface area contributed by atoms with E-state index in [0.29, 0.717) is 12.8 Å². The molecule has 0 aromatic heterocycles. The van der Waals surface area contributed by atoms with Crippen LogP contribution in [0, 0.1) is 17.8 Å². The van der Waals surface area contributed by atoms with Gasteiger partial charge >= 0.3 is 0 Å². The van der Waals surface area contributed by atoms with Gasteiger partial charge in [0, 0.05) is 13.5 Å². The lowest BCUT2D eigenvalue weighted by molar-refractivity contribution is -0.138. The Morgan fingerprint density at radius 3 is 2.41 bits per heavy atom.